The normalized spacial score (nSPS) is 10.3. The number of aryl methyl sites for hydroxylation is 1. The molecule has 0 aliphatic heterocycles. The molecule has 2 rings (SSSR count). The molecule has 0 heterocycles. The molecule has 0 aromatic heterocycles. The lowest BCUT2D eigenvalue weighted by Gasteiger charge is -2.12. The van der Waals surface area contributed by atoms with E-state index in [1.807, 2.05) is 12.1 Å². The first kappa shape index (κ1) is 13.2. The van der Waals surface area contributed by atoms with Gasteiger partial charge in [0.2, 0.25) is 0 Å². The zero-order chi connectivity index (χ0) is 13.8. The number of methoxy groups -OCH3 is 1. The molecule has 0 saturated heterocycles. The fourth-order valence-corrected chi connectivity index (χ4v) is 1.73. The Balaban J connectivity index is 2.32. The minimum atomic E-state index is -0.498. The maximum Gasteiger partial charge on any atom is 0.169 e. The molecule has 0 radical (unpaired) electrons. The van der Waals surface area contributed by atoms with Crippen LogP contribution in [-0.2, 0) is 6.42 Å². The molecule has 3 nitrogen and oxygen atoms in total. The van der Waals surface area contributed by atoms with Gasteiger partial charge in [-0.1, -0.05) is 13.0 Å². The van der Waals surface area contributed by atoms with E-state index in [1.165, 1.54) is 12.1 Å². The molecule has 2 N–H and O–H groups in total. The molecule has 0 aliphatic rings. The molecule has 0 unspecified atom stereocenters. The molecule has 0 atom stereocenters. The number of hydrogen-bond acceptors (Lipinski definition) is 3. The molecule has 0 amide bonds. The zero-order valence-electron chi connectivity index (χ0n) is 10.9. The SMILES string of the molecule is CCc1ccc(Oc2ccc(N)cc2F)c(OC)c1. The summed E-state index contributed by atoms with van der Waals surface area (Å²) in [5, 5.41) is 0. The van der Waals surface area contributed by atoms with Crippen LogP contribution in [0.1, 0.15) is 12.5 Å². The van der Waals surface area contributed by atoms with E-state index >= 15 is 0 Å². The molecule has 2 aromatic carbocycles. The van der Waals surface area contributed by atoms with Crippen LogP contribution in [0.3, 0.4) is 0 Å². The van der Waals surface area contributed by atoms with Gasteiger partial charge in [-0.15, -0.1) is 0 Å². The van der Waals surface area contributed by atoms with E-state index in [1.54, 1.807) is 19.2 Å². The molecule has 0 fully saturated rings. The summed E-state index contributed by atoms with van der Waals surface area (Å²) in [4.78, 5) is 0. The van der Waals surface area contributed by atoms with Gasteiger partial charge in [0, 0.05) is 11.8 Å². The zero-order valence-corrected chi connectivity index (χ0v) is 10.9. The Morgan fingerprint density at radius 3 is 2.42 bits per heavy atom. The third-order valence-electron chi connectivity index (χ3n) is 2.81. The molecule has 19 heavy (non-hydrogen) atoms. The third kappa shape index (κ3) is 2.96. The lowest BCUT2D eigenvalue weighted by Crippen LogP contribution is -1.95. The second kappa shape index (κ2) is 5.61. The Morgan fingerprint density at radius 2 is 1.79 bits per heavy atom. The number of halogens is 1. The topological polar surface area (TPSA) is 44.5 Å². The van der Waals surface area contributed by atoms with E-state index in [0.717, 1.165) is 12.0 Å². The van der Waals surface area contributed by atoms with Gasteiger partial charge in [0.1, 0.15) is 0 Å². The van der Waals surface area contributed by atoms with Gasteiger partial charge in [-0.2, -0.15) is 0 Å². The van der Waals surface area contributed by atoms with Gasteiger partial charge < -0.3 is 15.2 Å². The third-order valence-corrected chi connectivity index (χ3v) is 2.81. The molecule has 100 valence electrons. The number of benzene rings is 2. The van der Waals surface area contributed by atoms with E-state index in [0.29, 0.717) is 17.2 Å². The monoisotopic (exact) mass is 261 g/mol. The number of nitrogens with two attached hydrogens (primary N) is 1. The molecule has 0 bridgehead atoms. The first-order chi connectivity index (χ1) is 9.13. The van der Waals surface area contributed by atoms with Gasteiger partial charge in [0.05, 0.1) is 7.11 Å². The number of anilines is 1. The van der Waals surface area contributed by atoms with Gasteiger partial charge in [0.25, 0.3) is 0 Å². The van der Waals surface area contributed by atoms with Crippen molar-refractivity contribution in [2.45, 2.75) is 13.3 Å². The van der Waals surface area contributed by atoms with Gasteiger partial charge >= 0.3 is 0 Å². The van der Waals surface area contributed by atoms with Crippen LogP contribution in [0.5, 0.6) is 17.2 Å². The van der Waals surface area contributed by atoms with Gasteiger partial charge in [-0.25, -0.2) is 4.39 Å². The van der Waals surface area contributed by atoms with Crippen LogP contribution in [0, 0.1) is 5.82 Å². The summed E-state index contributed by atoms with van der Waals surface area (Å²) >= 11 is 0. The van der Waals surface area contributed by atoms with Crippen molar-refractivity contribution in [2.75, 3.05) is 12.8 Å². The second-order valence-electron chi connectivity index (χ2n) is 4.13. The Bertz CT molecular complexity index is 584. The quantitative estimate of drug-likeness (QED) is 0.852. The highest BCUT2D eigenvalue weighted by molar-refractivity contribution is 5.48. The van der Waals surface area contributed by atoms with E-state index in [4.69, 9.17) is 15.2 Å². The number of ether oxygens (including phenoxy) is 2. The number of nitrogen functional groups attached to an aromatic ring is 1. The van der Waals surface area contributed by atoms with Crippen LogP contribution >= 0.6 is 0 Å². The summed E-state index contributed by atoms with van der Waals surface area (Å²) in [6.07, 6.45) is 0.896. The predicted molar refractivity (Wildman–Crippen MR) is 73.3 cm³/mol. The van der Waals surface area contributed by atoms with Crippen molar-refractivity contribution in [3.63, 3.8) is 0 Å². The molecule has 4 heteroatoms. The smallest absolute Gasteiger partial charge is 0.169 e. The van der Waals surface area contributed by atoms with Crippen molar-refractivity contribution in [1.82, 2.24) is 0 Å². The highest BCUT2D eigenvalue weighted by Crippen LogP contribution is 2.33. The molecule has 0 aliphatic carbocycles. The fourth-order valence-electron chi connectivity index (χ4n) is 1.73. The van der Waals surface area contributed by atoms with Crippen molar-refractivity contribution >= 4 is 5.69 Å². The maximum absolute atomic E-state index is 13.7. The summed E-state index contributed by atoms with van der Waals surface area (Å²) in [7, 11) is 1.56. The van der Waals surface area contributed by atoms with Crippen LogP contribution in [0.25, 0.3) is 0 Å². The predicted octanol–water partition coefficient (Wildman–Crippen LogP) is 3.77. The number of rotatable bonds is 4. The summed E-state index contributed by atoms with van der Waals surface area (Å²) in [6, 6.07) is 9.89. The van der Waals surface area contributed by atoms with Crippen molar-refractivity contribution < 1.29 is 13.9 Å². The van der Waals surface area contributed by atoms with Crippen molar-refractivity contribution in [2.24, 2.45) is 0 Å². The van der Waals surface area contributed by atoms with Crippen LogP contribution in [0.4, 0.5) is 10.1 Å². The molecular weight excluding hydrogens is 245 g/mol. The average Bonchev–Trinajstić information content (AvgIpc) is 2.42. The first-order valence-electron chi connectivity index (χ1n) is 6.04. The van der Waals surface area contributed by atoms with Crippen molar-refractivity contribution in [1.29, 1.82) is 0 Å². The van der Waals surface area contributed by atoms with Crippen LogP contribution in [-0.4, -0.2) is 7.11 Å². The molecule has 0 saturated carbocycles. The van der Waals surface area contributed by atoms with Crippen molar-refractivity contribution in [3.05, 3.63) is 47.8 Å². The van der Waals surface area contributed by atoms with E-state index in [2.05, 4.69) is 6.92 Å². The Kier molecular flexibility index (Phi) is 3.90. The van der Waals surface area contributed by atoms with Gasteiger partial charge in [0.15, 0.2) is 23.1 Å². The average molecular weight is 261 g/mol. The lowest BCUT2D eigenvalue weighted by atomic mass is 10.1. The van der Waals surface area contributed by atoms with E-state index in [-0.39, 0.29) is 5.75 Å². The summed E-state index contributed by atoms with van der Waals surface area (Å²) in [5.74, 6) is 0.678. The highest BCUT2D eigenvalue weighted by atomic mass is 19.1. The highest BCUT2D eigenvalue weighted by Gasteiger charge is 2.10. The lowest BCUT2D eigenvalue weighted by molar-refractivity contribution is 0.370. The summed E-state index contributed by atoms with van der Waals surface area (Å²) < 4.78 is 24.5. The maximum atomic E-state index is 13.7. The van der Waals surface area contributed by atoms with Crippen molar-refractivity contribution in [3.8, 4) is 17.2 Å². The minimum absolute atomic E-state index is 0.122. The van der Waals surface area contributed by atoms with Gasteiger partial charge in [-0.3, -0.25) is 0 Å². The Hall–Kier alpha value is -2.23. The molecule has 2 aromatic rings. The summed E-state index contributed by atoms with van der Waals surface area (Å²) in [6.45, 7) is 2.05. The van der Waals surface area contributed by atoms with Crippen LogP contribution in [0.2, 0.25) is 0 Å². The van der Waals surface area contributed by atoms with Gasteiger partial charge in [-0.05, 0) is 36.2 Å². The molecule has 0 spiro atoms. The van der Waals surface area contributed by atoms with Crippen LogP contribution in [0.15, 0.2) is 36.4 Å². The minimum Gasteiger partial charge on any atom is -0.493 e. The van der Waals surface area contributed by atoms with Crippen LogP contribution < -0.4 is 15.2 Å². The standard InChI is InChI=1S/C15H16FNO2/c1-3-10-4-6-14(15(8-10)18-2)19-13-7-5-11(17)9-12(13)16/h4-9H,3,17H2,1-2H3. The van der Waals surface area contributed by atoms with E-state index < -0.39 is 5.82 Å². The summed E-state index contributed by atoms with van der Waals surface area (Å²) in [5.41, 5.74) is 6.98. The Morgan fingerprint density at radius 1 is 1.05 bits per heavy atom. The molecular formula is C15H16FNO2. The largest absolute Gasteiger partial charge is 0.493 e. The Labute approximate surface area is 111 Å². The fraction of sp³-hybridized carbons (Fsp3) is 0.200. The first-order valence-corrected chi connectivity index (χ1v) is 6.04. The van der Waals surface area contributed by atoms with E-state index in [9.17, 15) is 4.39 Å². The number of hydrogen-bond donors (Lipinski definition) is 1. The second-order valence-corrected chi connectivity index (χ2v) is 4.13.